The Morgan fingerprint density at radius 3 is 2.36 bits per heavy atom. The molecule has 0 radical (unpaired) electrons. The molecule has 4 heteroatoms. The summed E-state index contributed by atoms with van der Waals surface area (Å²) in [4.78, 5) is 24.5. The van der Waals surface area contributed by atoms with Gasteiger partial charge in [-0.3, -0.25) is 9.59 Å². The first-order valence-corrected chi connectivity index (χ1v) is 9.13. The van der Waals surface area contributed by atoms with Crippen molar-refractivity contribution in [3.05, 3.63) is 72.3 Å². The molecule has 0 unspecified atom stereocenters. The van der Waals surface area contributed by atoms with E-state index in [1.807, 2.05) is 12.1 Å². The first-order valence-electron chi connectivity index (χ1n) is 8.14. The summed E-state index contributed by atoms with van der Waals surface area (Å²) in [5.74, 6) is 0.712. The average Bonchev–Trinajstić information content (AvgIpc) is 2.62. The Kier molecular flexibility index (Phi) is 5.51. The van der Waals surface area contributed by atoms with Crippen molar-refractivity contribution < 1.29 is 9.59 Å². The Morgan fingerprint density at radius 1 is 0.920 bits per heavy atom. The predicted octanol–water partition coefficient (Wildman–Crippen LogP) is 5.16. The Labute approximate surface area is 151 Å². The van der Waals surface area contributed by atoms with Gasteiger partial charge in [0.05, 0.1) is 0 Å². The van der Waals surface area contributed by atoms with Crippen molar-refractivity contribution in [2.75, 3.05) is 11.1 Å². The number of carbonyl (C=O) groups is 2. The molecule has 0 saturated heterocycles. The van der Waals surface area contributed by atoms with Crippen LogP contribution in [0.2, 0.25) is 0 Å². The van der Waals surface area contributed by atoms with Crippen LogP contribution in [0.1, 0.15) is 23.7 Å². The molecule has 0 saturated carbocycles. The number of hydrogen-bond donors (Lipinski definition) is 1. The summed E-state index contributed by atoms with van der Waals surface area (Å²) in [6.07, 6.45) is 0.436. The lowest BCUT2D eigenvalue weighted by Crippen LogP contribution is -2.12. The van der Waals surface area contributed by atoms with E-state index in [2.05, 4.69) is 35.6 Å². The lowest BCUT2D eigenvalue weighted by atomic mass is 10.1. The molecular formula is C21H19NO2S. The molecule has 3 nitrogen and oxygen atoms in total. The van der Waals surface area contributed by atoms with Crippen molar-refractivity contribution in [3.8, 4) is 0 Å². The molecule has 0 spiro atoms. The van der Waals surface area contributed by atoms with E-state index in [9.17, 15) is 9.59 Å². The van der Waals surface area contributed by atoms with Gasteiger partial charge in [0.15, 0.2) is 5.78 Å². The van der Waals surface area contributed by atoms with Crippen molar-refractivity contribution in [1.29, 1.82) is 0 Å². The number of carbonyl (C=O) groups excluding carboxylic acids is 2. The van der Waals surface area contributed by atoms with E-state index in [4.69, 9.17) is 0 Å². The molecule has 3 aromatic carbocycles. The second-order valence-corrected chi connectivity index (χ2v) is 6.96. The summed E-state index contributed by atoms with van der Waals surface area (Å²) in [6, 6.07) is 21.5. The van der Waals surface area contributed by atoms with Gasteiger partial charge >= 0.3 is 0 Å². The van der Waals surface area contributed by atoms with Crippen LogP contribution in [0.15, 0.2) is 71.6 Å². The van der Waals surface area contributed by atoms with Crippen LogP contribution in [0.4, 0.5) is 5.69 Å². The lowest BCUT2D eigenvalue weighted by Gasteiger charge is -2.06. The molecule has 0 atom stereocenters. The van der Waals surface area contributed by atoms with Crippen LogP contribution in [0.5, 0.6) is 0 Å². The quantitative estimate of drug-likeness (QED) is 0.494. The van der Waals surface area contributed by atoms with Crippen molar-refractivity contribution in [2.24, 2.45) is 0 Å². The molecular weight excluding hydrogens is 330 g/mol. The molecule has 0 heterocycles. The number of hydrogen-bond acceptors (Lipinski definition) is 3. The molecule has 1 N–H and O–H groups in total. The highest BCUT2D eigenvalue weighted by molar-refractivity contribution is 7.99. The lowest BCUT2D eigenvalue weighted by molar-refractivity contribution is -0.115. The van der Waals surface area contributed by atoms with E-state index in [1.165, 1.54) is 17.7 Å². The van der Waals surface area contributed by atoms with Gasteiger partial charge in [0.2, 0.25) is 5.91 Å². The SMILES string of the molecule is CC(=O)c1ccc(NC(=O)CCSc2ccc3ccccc3c2)cc1. The van der Waals surface area contributed by atoms with Gasteiger partial charge in [-0.15, -0.1) is 11.8 Å². The van der Waals surface area contributed by atoms with Crippen LogP contribution in [0, 0.1) is 0 Å². The fourth-order valence-electron chi connectivity index (χ4n) is 2.53. The summed E-state index contributed by atoms with van der Waals surface area (Å²) in [5.41, 5.74) is 1.36. The molecule has 1 amide bonds. The molecule has 25 heavy (non-hydrogen) atoms. The summed E-state index contributed by atoms with van der Waals surface area (Å²) >= 11 is 1.68. The smallest absolute Gasteiger partial charge is 0.225 e. The Bertz CT molecular complexity index is 903. The van der Waals surface area contributed by atoms with E-state index in [0.29, 0.717) is 17.7 Å². The topological polar surface area (TPSA) is 46.2 Å². The van der Waals surface area contributed by atoms with Gasteiger partial charge in [-0.2, -0.15) is 0 Å². The van der Waals surface area contributed by atoms with Gasteiger partial charge in [-0.05, 0) is 54.1 Å². The zero-order chi connectivity index (χ0) is 17.6. The number of amides is 1. The fraction of sp³-hybridized carbons (Fsp3) is 0.143. The highest BCUT2D eigenvalue weighted by Crippen LogP contribution is 2.24. The normalized spacial score (nSPS) is 10.6. The van der Waals surface area contributed by atoms with Crippen LogP contribution < -0.4 is 5.32 Å². The third kappa shape index (κ3) is 4.70. The number of thioether (sulfide) groups is 1. The van der Waals surface area contributed by atoms with Crippen molar-refractivity contribution in [2.45, 2.75) is 18.2 Å². The summed E-state index contributed by atoms with van der Waals surface area (Å²) in [7, 11) is 0. The van der Waals surface area contributed by atoms with Crippen molar-refractivity contribution in [1.82, 2.24) is 0 Å². The Morgan fingerprint density at radius 2 is 1.64 bits per heavy atom. The number of Topliss-reactive ketones (excluding diaryl/α,β-unsaturated/α-hetero) is 1. The van der Waals surface area contributed by atoms with Crippen LogP contribution in [-0.4, -0.2) is 17.4 Å². The summed E-state index contributed by atoms with van der Waals surface area (Å²) in [6.45, 7) is 1.53. The maximum atomic E-state index is 12.0. The third-order valence-corrected chi connectivity index (χ3v) is 4.89. The molecule has 0 fully saturated rings. The first kappa shape index (κ1) is 17.2. The third-order valence-electron chi connectivity index (χ3n) is 3.89. The minimum absolute atomic E-state index is 0.0182. The molecule has 126 valence electrons. The first-order chi connectivity index (χ1) is 12.1. The maximum absolute atomic E-state index is 12.0. The highest BCUT2D eigenvalue weighted by Gasteiger charge is 2.05. The Hall–Kier alpha value is -2.59. The van der Waals surface area contributed by atoms with Crippen molar-refractivity contribution in [3.63, 3.8) is 0 Å². The molecule has 0 aliphatic heterocycles. The number of rotatable bonds is 6. The molecule has 0 aromatic heterocycles. The molecule has 0 bridgehead atoms. The predicted molar refractivity (Wildman–Crippen MR) is 104 cm³/mol. The van der Waals surface area contributed by atoms with Gasteiger partial charge in [0.25, 0.3) is 0 Å². The van der Waals surface area contributed by atoms with Gasteiger partial charge in [-0.1, -0.05) is 30.3 Å². The van der Waals surface area contributed by atoms with Gasteiger partial charge in [0.1, 0.15) is 0 Å². The average molecular weight is 349 g/mol. The fourth-order valence-corrected chi connectivity index (χ4v) is 3.43. The number of nitrogens with one attached hydrogen (secondary N) is 1. The number of anilines is 1. The number of fused-ring (bicyclic) bond motifs is 1. The second kappa shape index (κ2) is 7.99. The van der Waals surface area contributed by atoms with Crippen molar-refractivity contribution >= 4 is 39.9 Å². The van der Waals surface area contributed by atoms with Gasteiger partial charge in [-0.25, -0.2) is 0 Å². The highest BCUT2D eigenvalue weighted by atomic mass is 32.2. The van der Waals surface area contributed by atoms with E-state index in [0.717, 1.165) is 10.6 Å². The monoisotopic (exact) mass is 349 g/mol. The van der Waals surface area contributed by atoms with E-state index in [-0.39, 0.29) is 11.7 Å². The number of ketones is 1. The summed E-state index contributed by atoms with van der Waals surface area (Å²) in [5, 5.41) is 5.29. The summed E-state index contributed by atoms with van der Waals surface area (Å²) < 4.78 is 0. The maximum Gasteiger partial charge on any atom is 0.225 e. The Balaban J connectivity index is 1.50. The minimum Gasteiger partial charge on any atom is -0.326 e. The van der Waals surface area contributed by atoms with Gasteiger partial charge < -0.3 is 5.32 Å². The molecule has 3 aromatic rings. The van der Waals surface area contributed by atoms with Crippen LogP contribution in [-0.2, 0) is 4.79 Å². The second-order valence-electron chi connectivity index (χ2n) is 5.79. The van der Waals surface area contributed by atoms with E-state index in [1.54, 1.807) is 36.0 Å². The van der Waals surface area contributed by atoms with E-state index < -0.39 is 0 Å². The zero-order valence-corrected chi connectivity index (χ0v) is 14.8. The minimum atomic E-state index is -0.0242. The van der Waals surface area contributed by atoms with Crippen LogP contribution in [0.25, 0.3) is 10.8 Å². The molecule has 0 aliphatic carbocycles. The molecule has 3 rings (SSSR count). The molecule has 0 aliphatic rings. The largest absolute Gasteiger partial charge is 0.326 e. The zero-order valence-electron chi connectivity index (χ0n) is 14.0. The number of benzene rings is 3. The van der Waals surface area contributed by atoms with Crippen LogP contribution >= 0.6 is 11.8 Å². The van der Waals surface area contributed by atoms with E-state index >= 15 is 0 Å². The van der Waals surface area contributed by atoms with Gasteiger partial charge in [0, 0.05) is 28.3 Å². The standard InChI is InChI=1S/C21H19NO2S/c1-15(23)16-6-9-19(10-7-16)22-21(24)12-13-25-20-11-8-17-4-2-3-5-18(17)14-20/h2-11,14H,12-13H2,1H3,(H,22,24). The van der Waals surface area contributed by atoms with Crippen LogP contribution in [0.3, 0.4) is 0 Å².